The Morgan fingerprint density at radius 1 is 1.05 bits per heavy atom. The van der Waals surface area contributed by atoms with Gasteiger partial charge >= 0.3 is 0 Å². The number of carbonyl (C=O) groups excluding carboxylic acids is 2. The number of benzene rings is 3. The summed E-state index contributed by atoms with van der Waals surface area (Å²) in [5.74, 6) is 0.250. The van der Waals surface area contributed by atoms with Gasteiger partial charge in [0.15, 0.2) is 0 Å². The van der Waals surface area contributed by atoms with Gasteiger partial charge in [0.2, 0.25) is 11.8 Å². The van der Waals surface area contributed by atoms with Gasteiger partial charge in [-0.1, -0.05) is 29.8 Å². The monoisotopic (exact) mass is 521 g/mol. The second kappa shape index (κ2) is 11.5. The zero-order valence-electron chi connectivity index (χ0n) is 21.0. The number of nitrogens with zero attached hydrogens (tertiary/aromatic N) is 2. The standard InChI is InChI=1S/C28H31N3O5S/c1-3-36-25-13-11-23(12-14-25)31(37(34,35)26-15-9-21(2)10-16-26)20-27(32)29-19-22-6-4-7-24(18-22)30-17-5-8-28(30)33/h4,6-7,9-16,18H,3,5,8,17,19-20H2,1-2H3,(H,29,32). The van der Waals surface area contributed by atoms with E-state index in [1.807, 2.05) is 38.1 Å². The number of anilines is 2. The van der Waals surface area contributed by atoms with E-state index < -0.39 is 22.5 Å². The third-order valence-electron chi connectivity index (χ3n) is 6.12. The fourth-order valence-electron chi connectivity index (χ4n) is 4.17. The van der Waals surface area contributed by atoms with Crippen molar-refractivity contribution in [2.45, 2.75) is 38.1 Å². The third-order valence-corrected chi connectivity index (χ3v) is 7.91. The lowest BCUT2D eigenvalue weighted by Crippen LogP contribution is -2.40. The van der Waals surface area contributed by atoms with Gasteiger partial charge in [0.25, 0.3) is 10.0 Å². The molecule has 9 heteroatoms. The Morgan fingerprint density at radius 2 is 1.78 bits per heavy atom. The van der Waals surface area contributed by atoms with Crippen LogP contribution in [0.1, 0.15) is 30.9 Å². The largest absolute Gasteiger partial charge is 0.494 e. The summed E-state index contributed by atoms with van der Waals surface area (Å²) in [4.78, 5) is 26.9. The minimum Gasteiger partial charge on any atom is -0.494 e. The van der Waals surface area contributed by atoms with Crippen molar-refractivity contribution in [1.29, 1.82) is 0 Å². The zero-order chi connectivity index (χ0) is 26.4. The van der Waals surface area contributed by atoms with Crippen LogP contribution in [0.25, 0.3) is 0 Å². The number of nitrogens with one attached hydrogen (secondary N) is 1. The molecule has 8 nitrogen and oxygen atoms in total. The Bertz CT molecular complexity index is 1360. The molecule has 4 rings (SSSR count). The molecule has 0 atom stereocenters. The molecule has 1 heterocycles. The molecule has 1 saturated heterocycles. The van der Waals surface area contributed by atoms with E-state index >= 15 is 0 Å². The van der Waals surface area contributed by atoms with Gasteiger partial charge in [0, 0.05) is 25.2 Å². The van der Waals surface area contributed by atoms with E-state index in [0.29, 0.717) is 31.0 Å². The Balaban J connectivity index is 1.52. The van der Waals surface area contributed by atoms with Crippen LogP contribution in [0.4, 0.5) is 11.4 Å². The summed E-state index contributed by atoms with van der Waals surface area (Å²) >= 11 is 0. The highest BCUT2D eigenvalue weighted by molar-refractivity contribution is 7.92. The molecule has 0 bridgehead atoms. The lowest BCUT2D eigenvalue weighted by molar-refractivity contribution is -0.120. The first-order valence-electron chi connectivity index (χ1n) is 12.3. The Kier molecular flexibility index (Phi) is 8.13. The average Bonchev–Trinajstić information content (AvgIpc) is 3.33. The van der Waals surface area contributed by atoms with Crippen LogP contribution in [0.3, 0.4) is 0 Å². The number of hydrogen-bond donors (Lipinski definition) is 1. The number of ether oxygens (including phenoxy) is 1. The minimum absolute atomic E-state index is 0.0912. The van der Waals surface area contributed by atoms with Crippen molar-refractivity contribution in [3.8, 4) is 5.75 Å². The molecule has 194 valence electrons. The van der Waals surface area contributed by atoms with Gasteiger partial charge in [0.1, 0.15) is 12.3 Å². The molecule has 1 aliphatic heterocycles. The molecule has 3 aromatic carbocycles. The number of hydrogen-bond acceptors (Lipinski definition) is 5. The average molecular weight is 522 g/mol. The summed E-state index contributed by atoms with van der Waals surface area (Å²) in [7, 11) is -4.01. The summed E-state index contributed by atoms with van der Waals surface area (Å²) in [6.45, 7) is 4.72. The van der Waals surface area contributed by atoms with Crippen LogP contribution in [0, 0.1) is 6.92 Å². The van der Waals surface area contributed by atoms with Crippen LogP contribution in [0.5, 0.6) is 5.75 Å². The SMILES string of the molecule is CCOc1ccc(N(CC(=O)NCc2cccc(N3CCCC3=O)c2)S(=O)(=O)c2ccc(C)cc2)cc1. The summed E-state index contributed by atoms with van der Waals surface area (Å²) in [6.07, 6.45) is 1.37. The van der Waals surface area contributed by atoms with E-state index in [0.717, 1.165) is 27.5 Å². The van der Waals surface area contributed by atoms with Crippen LogP contribution in [-0.2, 0) is 26.2 Å². The molecule has 0 unspecified atom stereocenters. The van der Waals surface area contributed by atoms with E-state index in [4.69, 9.17) is 4.74 Å². The first-order valence-corrected chi connectivity index (χ1v) is 13.7. The highest BCUT2D eigenvalue weighted by atomic mass is 32.2. The van der Waals surface area contributed by atoms with Crippen LogP contribution < -0.4 is 19.3 Å². The van der Waals surface area contributed by atoms with Crippen molar-refractivity contribution in [3.05, 3.63) is 83.9 Å². The van der Waals surface area contributed by atoms with Crippen molar-refractivity contribution in [1.82, 2.24) is 5.32 Å². The topological polar surface area (TPSA) is 96.0 Å². The van der Waals surface area contributed by atoms with Gasteiger partial charge in [-0.3, -0.25) is 13.9 Å². The molecular weight excluding hydrogens is 490 g/mol. The van der Waals surface area contributed by atoms with Gasteiger partial charge in [-0.05, 0) is 74.4 Å². The first kappa shape index (κ1) is 26.2. The number of amides is 2. The molecule has 0 spiro atoms. The molecule has 0 radical (unpaired) electrons. The molecular formula is C28H31N3O5S. The van der Waals surface area contributed by atoms with Gasteiger partial charge in [-0.2, -0.15) is 0 Å². The summed E-state index contributed by atoms with van der Waals surface area (Å²) in [6, 6.07) is 20.6. The second-order valence-electron chi connectivity index (χ2n) is 8.85. The minimum atomic E-state index is -4.01. The van der Waals surface area contributed by atoms with Crippen LogP contribution in [0.15, 0.2) is 77.7 Å². The van der Waals surface area contributed by atoms with E-state index in [2.05, 4.69) is 5.32 Å². The Hall–Kier alpha value is -3.85. The van der Waals surface area contributed by atoms with Crippen LogP contribution >= 0.6 is 0 Å². The number of sulfonamides is 1. The highest BCUT2D eigenvalue weighted by Gasteiger charge is 2.27. The fraction of sp³-hybridized carbons (Fsp3) is 0.286. The number of carbonyl (C=O) groups is 2. The number of aryl methyl sites for hydroxylation is 1. The summed E-state index contributed by atoms with van der Waals surface area (Å²) in [5, 5.41) is 2.82. The molecule has 1 aliphatic rings. The molecule has 0 aromatic heterocycles. The molecule has 37 heavy (non-hydrogen) atoms. The van der Waals surface area contributed by atoms with E-state index in [9.17, 15) is 18.0 Å². The van der Waals surface area contributed by atoms with Crippen molar-refractivity contribution < 1.29 is 22.7 Å². The van der Waals surface area contributed by atoms with Gasteiger partial charge in [-0.15, -0.1) is 0 Å². The van der Waals surface area contributed by atoms with Gasteiger partial charge in [0.05, 0.1) is 17.2 Å². The smallest absolute Gasteiger partial charge is 0.264 e. The fourth-order valence-corrected chi connectivity index (χ4v) is 5.59. The zero-order valence-corrected chi connectivity index (χ0v) is 21.8. The highest BCUT2D eigenvalue weighted by Crippen LogP contribution is 2.26. The third kappa shape index (κ3) is 6.29. The van der Waals surface area contributed by atoms with Crippen molar-refractivity contribution in [3.63, 3.8) is 0 Å². The number of rotatable bonds is 10. The summed E-state index contributed by atoms with van der Waals surface area (Å²) in [5.41, 5.74) is 2.91. The van der Waals surface area contributed by atoms with Crippen molar-refractivity contribution >= 4 is 33.2 Å². The predicted octanol–water partition coefficient (Wildman–Crippen LogP) is 4.03. The molecule has 1 fully saturated rings. The van der Waals surface area contributed by atoms with Crippen LogP contribution in [-0.4, -0.2) is 39.9 Å². The maximum Gasteiger partial charge on any atom is 0.264 e. The maximum absolute atomic E-state index is 13.6. The molecule has 0 aliphatic carbocycles. The molecule has 3 aromatic rings. The first-order chi connectivity index (χ1) is 17.8. The van der Waals surface area contributed by atoms with E-state index in [-0.39, 0.29) is 17.3 Å². The van der Waals surface area contributed by atoms with Gasteiger partial charge in [-0.25, -0.2) is 8.42 Å². The Morgan fingerprint density at radius 3 is 2.43 bits per heavy atom. The quantitative estimate of drug-likeness (QED) is 0.435. The molecule has 1 N–H and O–H groups in total. The molecule has 0 saturated carbocycles. The van der Waals surface area contributed by atoms with E-state index in [1.165, 1.54) is 12.1 Å². The normalized spacial score (nSPS) is 13.5. The lowest BCUT2D eigenvalue weighted by Gasteiger charge is -2.24. The van der Waals surface area contributed by atoms with E-state index in [1.54, 1.807) is 41.3 Å². The second-order valence-corrected chi connectivity index (χ2v) is 10.7. The van der Waals surface area contributed by atoms with Crippen molar-refractivity contribution in [2.24, 2.45) is 0 Å². The summed E-state index contributed by atoms with van der Waals surface area (Å²) < 4.78 is 33.7. The van der Waals surface area contributed by atoms with Crippen LogP contribution in [0.2, 0.25) is 0 Å². The van der Waals surface area contributed by atoms with Crippen molar-refractivity contribution in [2.75, 3.05) is 28.9 Å². The maximum atomic E-state index is 13.6. The van der Waals surface area contributed by atoms with Gasteiger partial charge < -0.3 is 15.0 Å². The Labute approximate surface area is 217 Å². The lowest BCUT2D eigenvalue weighted by atomic mass is 10.2. The predicted molar refractivity (Wildman–Crippen MR) is 143 cm³/mol. The molecule has 2 amide bonds.